The van der Waals surface area contributed by atoms with Gasteiger partial charge >= 0.3 is 5.63 Å². The zero-order valence-corrected chi connectivity index (χ0v) is 13.9. The van der Waals surface area contributed by atoms with Crippen LogP contribution in [0.4, 0.5) is 0 Å². The van der Waals surface area contributed by atoms with E-state index >= 15 is 0 Å². The first-order chi connectivity index (χ1) is 12.6. The van der Waals surface area contributed by atoms with Gasteiger partial charge in [0.2, 0.25) is 5.88 Å². The number of methoxy groups -OCH3 is 1. The van der Waals surface area contributed by atoms with Crippen molar-refractivity contribution < 1.29 is 13.9 Å². The largest absolute Gasteiger partial charge is 0.497 e. The van der Waals surface area contributed by atoms with Gasteiger partial charge in [0.05, 0.1) is 24.0 Å². The molecule has 0 bridgehead atoms. The van der Waals surface area contributed by atoms with Crippen LogP contribution in [0, 0.1) is 11.3 Å². The van der Waals surface area contributed by atoms with Crippen molar-refractivity contribution in [2.75, 3.05) is 7.11 Å². The Hall–Kier alpha value is -3.72. The summed E-state index contributed by atoms with van der Waals surface area (Å²) in [5, 5.41) is 10.2. The molecule has 0 amide bonds. The van der Waals surface area contributed by atoms with Gasteiger partial charge < -0.3 is 19.6 Å². The van der Waals surface area contributed by atoms with Crippen LogP contribution in [-0.4, -0.2) is 7.11 Å². The molecule has 3 aromatic rings. The van der Waals surface area contributed by atoms with Crippen molar-refractivity contribution in [3.63, 3.8) is 0 Å². The summed E-state index contributed by atoms with van der Waals surface area (Å²) in [5.41, 5.74) is 7.01. The van der Waals surface area contributed by atoms with Crippen LogP contribution < -0.4 is 20.8 Å². The van der Waals surface area contributed by atoms with Crippen molar-refractivity contribution in [2.24, 2.45) is 5.73 Å². The molecule has 0 saturated carbocycles. The molecule has 0 aliphatic carbocycles. The summed E-state index contributed by atoms with van der Waals surface area (Å²) in [6, 6.07) is 16.2. The van der Waals surface area contributed by atoms with Crippen LogP contribution in [0.15, 0.2) is 69.2 Å². The van der Waals surface area contributed by atoms with Gasteiger partial charge in [-0.3, -0.25) is 0 Å². The molecule has 6 nitrogen and oxygen atoms in total. The summed E-state index contributed by atoms with van der Waals surface area (Å²) < 4.78 is 16.3. The Morgan fingerprint density at radius 2 is 1.88 bits per heavy atom. The predicted molar refractivity (Wildman–Crippen MR) is 94.8 cm³/mol. The van der Waals surface area contributed by atoms with Crippen LogP contribution in [0.3, 0.4) is 0 Å². The van der Waals surface area contributed by atoms with E-state index in [2.05, 4.69) is 6.07 Å². The molecule has 0 unspecified atom stereocenters. The monoisotopic (exact) mass is 346 g/mol. The summed E-state index contributed by atoms with van der Waals surface area (Å²) >= 11 is 0. The highest BCUT2D eigenvalue weighted by atomic mass is 16.5. The number of allylic oxidation sites excluding steroid dienone is 1. The number of hydrogen-bond donors (Lipinski definition) is 1. The molecule has 1 atom stereocenters. The molecule has 0 fully saturated rings. The van der Waals surface area contributed by atoms with E-state index in [0.29, 0.717) is 22.5 Å². The van der Waals surface area contributed by atoms with Crippen LogP contribution in [0.2, 0.25) is 0 Å². The smallest absolute Gasteiger partial charge is 0.344 e. The molecule has 0 spiro atoms. The van der Waals surface area contributed by atoms with Gasteiger partial charge in [0.25, 0.3) is 0 Å². The van der Waals surface area contributed by atoms with E-state index in [1.54, 1.807) is 49.6 Å². The summed E-state index contributed by atoms with van der Waals surface area (Å²) in [7, 11) is 1.57. The molecule has 2 N–H and O–H groups in total. The van der Waals surface area contributed by atoms with Crippen molar-refractivity contribution in [3.05, 3.63) is 81.5 Å². The third kappa shape index (κ3) is 2.30. The predicted octanol–water partition coefficient (Wildman–Crippen LogP) is 3.02. The molecule has 2 heterocycles. The quantitative estimate of drug-likeness (QED) is 0.716. The van der Waals surface area contributed by atoms with E-state index in [0.717, 1.165) is 5.56 Å². The molecule has 1 aliphatic heterocycles. The van der Waals surface area contributed by atoms with Gasteiger partial charge in [-0.25, -0.2) is 4.79 Å². The van der Waals surface area contributed by atoms with Gasteiger partial charge in [-0.15, -0.1) is 0 Å². The lowest BCUT2D eigenvalue weighted by molar-refractivity contribution is 0.388. The Morgan fingerprint density at radius 1 is 1.15 bits per heavy atom. The van der Waals surface area contributed by atoms with Crippen molar-refractivity contribution >= 4 is 11.0 Å². The first-order valence-corrected chi connectivity index (χ1v) is 7.91. The molecule has 4 rings (SSSR count). The zero-order valence-electron chi connectivity index (χ0n) is 13.9. The Balaban J connectivity index is 2.03. The molecule has 1 aromatic heterocycles. The number of hydrogen-bond acceptors (Lipinski definition) is 6. The van der Waals surface area contributed by atoms with E-state index in [4.69, 9.17) is 19.6 Å². The van der Waals surface area contributed by atoms with Gasteiger partial charge in [-0.2, -0.15) is 5.26 Å². The van der Waals surface area contributed by atoms with Crippen molar-refractivity contribution in [1.29, 1.82) is 5.26 Å². The summed E-state index contributed by atoms with van der Waals surface area (Å²) in [5.74, 6) is 0.309. The molecule has 0 radical (unpaired) electrons. The standard InChI is InChI=1S/C20H14N2O4/c1-24-12-8-6-11(7-9-12)16-14(10-21)19(22)26-18-13-4-2-3-5-15(13)25-20(23)17(16)18/h2-9,16H,22H2,1H3/t16-/m0/s1. The number of para-hydroxylation sites is 1. The lowest BCUT2D eigenvalue weighted by Crippen LogP contribution is -2.26. The number of nitriles is 1. The van der Waals surface area contributed by atoms with E-state index in [-0.39, 0.29) is 17.0 Å². The SMILES string of the molecule is COc1ccc([C@H]2C(C#N)=C(N)Oc3c2c(=O)oc2ccccc32)cc1. The highest BCUT2D eigenvalue weighted by Gasteiger charge is 2.35. The Kier molecular flexibility index (Phi) is 3.63. The van der Waals surface area contributed by atoms with Crippen LogP contribution in [0.5, 0.6) is 11.5 Å². The molecule has 6 heteroatoms. The number of benzene rings is 2. The maximum absolute atomic E-state index is 12.7. The van der Waals surface area contributed by atoms with Crippen molar-refractivity contribution in [2.45, 2.75) is 5.92 Å². The lowest BCUT2D eigenvalue weighted by atomic mass is 9.84. The van der Waals surface area contributed by atoms with Gasteiger partial charge in [0.1, 0.15) is 23.0 Å². The second kappa shape index (κ2) is 5.97. The van der Waals surface area contributed by atoms with Crippen LogP contribution in [0.25, 0.3) is 11.0 Å². The maximum atomic E-state index is 12.7. The maximum Gasteiger partial charge on any atom is 0.344 e. The normalized spacial score (nSPS) is 15.9. The second-order valence-electron chi connectivity index (χ2n) is 5.83. The minimum Gasteiger partial charge on any atom is -0.497 e. The number of rotatable bonds is 2. The van der Waals surface area contributed by atoms with Crippen LogP contribution in [0.1, 0.15) is 17.0 Å². The molecule has 2 aromatic carbocycles. The second-order valence-corrected chi connectivity index (χ2v) is 5.83. The number of fused-ring (bicyclic) bond motifs is 3. The third-order valence-electron chi connectivity index (χ3n) is 4.42. The van der Waals surface area contributed by atoms with Crippen LogP contribution in [-0.2, 0) is 0 Å². The molecule has 1 aliphatic rings. The van der Waals surface area contributed by atoms with Gasteiger partial charge in [0.15, 0.2) is 5.75 Å². The van der Waals surface area contributed by atoms with Crippen molar-refractivity contribution in [1.82, 2.24) is 0 Å². The highest BCUT2D eigenvalue weighted by molar-refractivity contribution is 5.86. The molecule has 0 saturated heterocycles. The molecule has 128 valence electrons. The van der Waals surface area contributed by atoms with Crippen LogP contribution >= 0.6 is 0 Å². The van der Waals surface area contributed by atoms with Crippen molar-refractivity contribution in [3.8, 4) is 17.6 Å². The molecule has 26 heavy (non-hydrogen) atoms. The van der Waals surface area contributed by atoms with E-state index < -0.39 is 11.5 Å². The minimum atomic E-state index is -0.671. The van der Waals surface area contributed by atoms with Gasteiger partial charge in [-0.1, -0.05) is 24.3 Å². The molecular weight excluding hydrogens is 332 g/mol. The molecular formula is C20H14N2O4. The first kappa shape index (κ1) is 15.8. The highest BCUT2D eigenvalue weighted by Crippen LogP contribution is 2.43. The van der Waals surface area contributed by atoms with E-state index in [1.165, 1.54) is 0 Å². The third-order valence-corrected chi connectivity index (χ3v) is 4.42. The topological polar surface area (TPSA) is 98.5 Å². The number of nitrogens with zero attached hydrogens (tertiary/aromatic N) is 1. The van der Waals surface area contributed by atoms with E-state index in [9.17, 15) is 10.1 Å². The fourth-order valence-electron chi connectivity index (χ4n) is 3.20. The van der Waals surface area contributed by atoms with E-state index in [1.807, 2.05) is 6.07 Å². The summed E-state index contributed by atoms with van der Waals surface area (Å²) in [6.07, 6.45) is 0. The first-order valence-electron chi connectivity index (χ1n) is 7.91. The lowest BCUT2D eigenvalue weighted by Gasteiger charge is -2.26. The minimum absolute atomic E-state index is 0.0171. The fourth-order valence-corrected chi connectivity index (χ4v) is 3.20. The van der Waals surface area contributed by atoms with Gasteiger partial charge in [0, 0.05) is 0 Å². The summed E-state index contributed by atoms with van der Waals surface area (Å²) in [6.45, 7) is 0. The fraction of sp³-hybridized carbons (Fsp3) is 0.100. The van der Waals surface area contributed by atoms with Gasteiger partial charge in [-0.05, 0) is 29.8 Å². The Morgan fingerprint density at radius 3 is 2.58 bits per heavy atom. The number of ether oxygens (including phenoxy) is 2. The Labute approximate surface area is 148 Å². The Bertz CT molecular complexity index is 1140. The average molecular weight is 346 g/mol. The average Bonchev–Trinajstić information content (AvgIpc) is 2.67. The summed E-state index contributed by atoms with van der Waals surface area (Å²) in [4.78, 5) is 12.7. The number of nitrogens with two attached hydrogens (primary N) is 1. The zero-order chi connectivity index (χ0) is 18.3.